The van der Waals surface area contributed by atoms with E-state index in [0.29, 0.717) is 5.69 Å². The zero-order chi connectivity index (χ0) is 19.8. The summed E-state index contributed by atoms with van der Waals surface area (Å²) in [6, 6.07) is 12.1. The lowest BCUT2D eigenvalue weighted by Crippen LogP contribution is -2.14. The first-order valence-corrected chi connectivity index (χ1v) is 8.96. The van der Waals surface area contributed by atoms with Crippen LogP contribution in [0.25, 0.3) is 16.9 Å². The third-order valence-electron chi connectivity index (χ3n) is 3.71. The van der Waals surface area contributed by atoms with Gasteiger partial charge < -0.3 is 0 Å². The van der Waals surface area contributed by atoms with Crippen molar-refractivity contribution < 1.29 is 21.6 Å². The SMILES string of the molecule is N#Cc1cccc(-n2nc(C(F)F)cc2-c2ccc(S(N)(=O)=O)c(F)c2)c1. The Balaban J connectivity index is 2.21. The molecule has 2 aromatic carbocycles. The van der Waals surface area contributed by atoms with Crippen LogP contribution in [0, 0.1) is 17.1 Å². The first-order chi connectivity index (χ1) is 12.7. The minimum absolute atomic E-state index is 0.0975. The summed E-state index contributed by atoms with van der Waals surface area (Å²) in [6.07, 6.45) is -2.88. The highest BCUT2D eigenvalue weighted by atomic mass is 32.2. The standard InChI is InChI=1S/C17H11F3N4O2S/c18-13-7-11(4-5-16(13)27(22,25)26)15-8-14(17(19)20)23-24(15)12-3-1-2-10(6-12)9-21/h1-8,17H,(H2,22,25,26). The number of nitriles is 1. The van der Waals surface area contributed by atoms with Gasteiger partial charge in [0.25, 0.3) is 6.43 Å². The molecule has 3 aromatic rings. The van der Waals surface area contributed by atoms with Crippen LogP contribution in [-0.4, -0.2) is 18.2 Å². The second kappa shape index (κ2) is 6.86. The minimum Gasteiger partial charge on any atom is -0.233 e. The van der Waals surface area contributed by atoms with Gasteiger partial charge in [-0.15, -0.1) is 0 Å². The summed E-state index contributed by atoms with van der Waals surface area (Å²) in [5.41, 5.74) is 0.250. The normalized spacial score (nSPS) is 11.6. The van der Waals surface area contributed by atoms with E-state index in [1.54, 1.807) is 12.1 Å². The van der Waals surface area contributed by atoms with E-state index in [1.807, 2.05) is 6.07 Å². The summed E-state index contributed by atoms with van der Waals surface area (Å²) in [6.45, 7) is 0. The third-order valence-corrected chi connectivity index (χ3v) is 4.65. The van der Waals surface area contributed by atoms with Gasteiger partial charge in [-0.25, -0.2) is 31.4 Å². The van der Waals surface area contributed by atoms with Gasteiger partial charge >= 0.3 is 0 Å². The summed E-state index contributed by atoms with van der Waals surface area (Å²) < 4.78 is 64.3. The highest BCUT2D eigenvalue weighted by Gasteiger charge is 2.20. The fourth-order valence-corrected chi connectivity index (χ4v) is 3.10. The number of nitrogens with two attached hydrogens (primary N) is 1. The van der Waals surface area contributed by atoms with Crippen LogP contribution in [0.1, 0.15) is 17.7 Å². The lowest BCUT2D eigenvalue weighted by Gasteiger charge is -2.09. The predicted molar refractivity (Wildman–Crippen MR) is 90.0 cm³/mol. The monoisotopic (exact) mass is 392 g/mol. The third kappa shape index (κ3) is 3.69. The summed E-state index contributed by atoms with van der Waals surface area (Å²) >= 11 is 0. The van der Waals surface area contributed by atoms with Gasteiger partial charge in [-0.05, 0) is 36.4 Å². The quantitative estimate of drug-likeness (QED) is 0.737. The Hall–Kier alpha value is -3.16. The highest BCUT2D eigenvalue weighted by molar-refractivity contribution is 7.89. The molecular formula is C17H11F3N4O2S. The number of primary sulfonamides is 1. The van der Waals surface area contributed by atoms with Crippen LogP contribution in [0.4, 0.5) is 13.2 Å². The minimum atomic E-state index is -4.27. The molecule has 0 spiro atoms. The van der Waals surface area contributed by atoms with Gasteiger partial charge in [-0.1, -0.05) is 12.1 Å². The van der Waals surface area contributed by atoms with E-state index < -0.39 is 32.9 Å². The van der Waals surface area contributed by atoms with Crippen molar-refractivity contribution in [1.82, 2.24) is 9.78 Å². The molecule has 3 rings (SSSR count). The number of hydrogen-bond donors (Lipinski definition) is 1. The molecule has 0 aliphatic rings. The lowest BCUT2D eigenvalue weighted by atomic mass is 10.1. The number of halogens is 3. The summed E-state index contributed by atoms with van der Waals surface area (Å²) in [4.78, 5) is -0.710. The molecule has 0 amide bonds. The molecule has 0 bridgehead atoms. The van der Waals surface area contributed by atoms with Crippen molar-refractivity contribution in [3.8, 4) is 23.0 Å². The molecule has 0 aliphatic heterocycles. The van der Waals surface area contributed by atoms with Crippen molar-refractivity contribution in [2.75, 3.05) is 0 Å². The van der Waals surface area contributed by atoms with Crippen LogP contribution in [0.2, 0.25) is 0 Å². The van der Waals surface area contributed by atoms with Crippen molar-refractivity contribution in [1.29, 1.82) is 5.26 Å². The van der Waals surface area contributed by atoms with Gasteiger partial charge in [-0.2, -0.15) is 10.4 Å². The van der Waals surface area contributed by atoms with Gasteiger partial charge in [0.15, 0.2) is 0 Å². The first kappa shape index (κ1) is 18.6. The molecule has 0 atom stereocenters. The Bertz CT molecular complexity index is 1170. The van der Waals surface area contributed by atoms with Crippen molar-refractivity contribution in [2.45, 2.75) is 11.3 Å². The van der Waals surface area contributed by atoms with E-state index in [9.17, 15) is 21.6 Å². The van der Waals surface area contributed by atoms with E-state index >= 15 is 0 Å². The fraction of sp³-hybridized carbons (Fsp3) is 0.0588. The molecule has 10 heteroatoms. The molecular weight excluding hydrogens is 381 g/mol. The Morgan fingerprint density at radius 1 is 1.15 bits per heavy atom. The van der Waals surface area contributed by atoms with E-state index in [-0.39, 0.29) is 16.8 Å². The first-order valence-electron chi connectivity index (χ1n) is 7.42. The molecule has 138 valence electrons. The van der Waals surface area contributed by atoms with Crippen LogP contribution in [0.3, 0.4) is 0 Å². The summed E-state index contributed by atoms with van der Waals surface area (Å²) in [5, 5.41) is 17.8. The maximum atomic E-state index is 14.2. The molecule has 0 fully saturated rings. The Morgan fingerprint density at radius 3 is 2.48 bits per heavy atom. The zero-order valence-corrected chi connectivity index (χ0v) is 14.3. The molecule has 0 saturated carbocycles. The highest BCUT2D eigenvalue weighted by Crippen LogP contribution is 2.30. The average molecular weight is 392 g/mol. The second-order valence-electron chi connectivity index (χ2n) is 5.52. The van der Waals surface area contributed by atoms with Crippen LogP contribution in [-0.2, 0) is 10.0 Å². The topological polar surface area (TPSA) is 102 Å². The Kier molecular flexibility index (Phi) is 4.73. The predicted octanol–water partition coefficient (Wildman–Crippen LogP) is 3.14. The van der Waals surface area contributed by atoms with Crippen LogP contribution in [0.5, 0.6) is 0 Å². The van der Waals surface area contributed by atoms with E-state index in [1.165, 1.54) is 18.2 Å². The maximum absolute atomic E-state index is 14.2. The average Bonchev–Trinajstić information content (AvgIpc) is 3.06. The Morgan fingerprint density at radius 2 is 1.89 bits per heavy atom. The van der Waals surface area contributed by atoms with Gasteiger partial charge in [-0.3, -0.25) is 0 Å². The van der Waals surface area contributed by atoms with Crippen molar-refractivity contribution in [3.05, 3.63) is 65.6 Å². The maximum Gasteiger partial charge on any atom is 0.282 e. The number of rotatable bonds is 4. The lowest BCUT2D eigenvalue weighted by molar-refractivity contribution is 0.145. The van der Waals surface area contributed by atoms with Crippen molar-refractivity contribution in [2.24, 2.45) is 5.14 Å². The van der Waals surface area contributed by atoms with Gasteiger partial charge in [0.05, 0.1) is 23.0 Å². The zero-order valence-electron chi connectivity index (χ0n) is 13.5. The number of nitrogens with zero attached hydrogens (tertiary/aromatic N) is 3. The molecule has 0 saturated heterocycles. The second-order valence-corrected chi connectivity index (χ2v) is 7.05. The Labute approximate surface area is 152 Å². The fourth-order valence-electron chi connectivity index (χ4n) is 2.51. The molecule has 0 unspecified atom stereocenters. The molecule has 2 N–H and O–H groups in total. The number of hydrogen-bond acceptors (Lipinski definition) is 4. The largest absolute Gasteiger partial charge is 0.282 e. The van der Waals surface area contributed by atoms with Gasteiger partial charge in [0.1, 0.15) is 16.4 Å². The molecule has 0 radical (unpaired) electrons. The number of alkyl halides is 2. The van der Waals surface area contributed by atoms with Crippen LogP contribution in [0.15, 0.2) is 53.4 Å². The van der Waals surface area contributed by atoms with Gasteiger partial charge in [0.2, 0.25) is 10.0 Å². The number of benzene rings is 2. The number of aromatic nitrogens is 2. The van der Waals surface area contributed by atoms with Crippen molar-refractivity contribution >= 4 is 10.0 Å². The van der Waals surface area contributed by atoms with E-state index in [2.05, 4.69) is 5.10 Å². The molecule has 27 heavy (non-hydrogen) atoms. The molecule has 1 aromatic heterocycles. The van der Waals surface area contributed by atoms with E-state index in [4.69, 9.17) is 10.4 Å². The van der Waals surface area contributed by atoms with Gasteiger partial charge in [0, 0.05) is 5.56 Å². The van der Waals surface area contributed by atoms with Crippen LogP contribution < -0.4 is 5.14 Å². The van der Waals surface area contributed by atoms with Crippen LogP contribution >= 0.6 is 0 Å². The molecule has 1 heterocycles. The van der Waals surface area contributed by atoms with E-state index in [0.717, 1.165) is 22.9 Å². The smallest absolute Gasteiger partial charge is 0.233 e. The summed E-state index contributed by atoms with van der Waals surface area (Å²) in [7, 11) is -4.27. The number of sulfonamides is 1. The molecule has 6 nitrogen and oxygen atoms in total. The summed E-state index contributed by atoms with van der Waals surface area (Å²) in [5.74, 6) is -1.12. The molecule has 0 aliphatic carbocycles. The van der Waals surface area contributed by atoms with Crippen molar-refractivity contribution in [3.63, 3.8) is 0 Å².